The fourth-order valence-corrected chi connectivity index (χ4v) is 1.57. The summed E-state index contributed by atoms with van der Waals surface area (Å²) in [5.41, 5.74) is 3.11. The predicted octanol–water partition coefficient (Wildman–Crippen LogP) is 2.62. The molecule has 0 saturated heterocycles. The number of hydrogen-bond acceptors (Lipinski definition) is 3. The van der Waals surface area contributed by atoms with E-state index in [4.69, 9.17) is 17.3 Å². The number of anilines is 1. The summed E-state index contributed by atoms with van der Waals surface area (Å²) in [5, 5.41) is 6.96. The van der Waals surface area contributed by atoms with Crippen LogP contribution in [0.25, 0.3) is 10.9 Å². The quantitative estimate of drug-likeness (QED) is 0.633. The number of H-pyrrole nitrogens is 1. The van der Waals surface area contributed by atoms with Crippen LogP contribution in [0.5, 0.6) is 5.75 Å². The molecule has 1 aromatic carbocycles. The molecule has 0 bridgehead atoms. The second kappa shape index (κ2) is 3.48. The fraction of sp³-hybridized carbons (Fsp3) is 0.222. The largest absolute Gasteiger partial charge is 0.487 e. The summed E-state index contributed by atoms with van der Waals surface area (Å²) < 4.78 is 29.4. The van der Waals surface area contributed by atoms with Gasteiger partial charge in [0.25, 0.3) is 0 Å². The van der Waals surface area contributed by atoms with Gasteiger partial charge in [0.2, 0.25) is 0 Å². The smallest absolute Gasteiger partial charge is 0.417 e. The maximum atomic E-state index is 12.6. The van der Waals surface area contributed by atoms with Crippen molar-refractivity contribution in [3.05, 3.63) is 17.8 Å². The van der Waals surface area contributed by atoms with Crippen molar-refractivity contribution in [1.82, 2.24) is 10.2 Å². The van der Waals surface area contributed by atoms with E-state index in [-0.39, 0.29) is 11.4 Å². The first-order valence-electron chi connectivity index (χ1n) is 4.36. The number of nitrogen functional groups attached to an aromatic ring is 1. The minimum atomic E-state index is -3.78. The molecule has 2 aromatic rings. The van der Waals surface area contributed by atoms with Crippen molar-refractivity contribution in [2.75, 3.05) is 5.73 Å². The third kappa shape index (κ3) is 1.88. The van der Waals surface area contributed by atoms with E-state index in [1.165, 1.54) is 6.20 Å². The van der Waals surface area contributed by atoms with Gasteiger partial charge in [-0.05, 0) is 18.6 Å². The molecule has 2 rings (SSSR count). The second-order valence-corrected chi connectivity index (χ2v) is 3.76. The van der Waals surface area contributed by atoms with E-state index in [2.05, 4.69) is 14.9 Å². The van der Waals surface area contributed by atoms with Crippen LogP contribution >= 0.6 is 11.6 Å². The SMILES string of the molecule is Cc1cc2[nH]ncc2c(N)c1OC(F)(F)Cl. The highest BCUT2D eigenvalue weighted by Gasteiger charge is 2.30. The lowest BCUT2D eigenvalue weighted by Crippen LogP contribution is -2.17. The Morgan fingerprint density at radius 2 is 2.25 bits per heavy atom. The normalized spacial score (nSPS) is 12.0. The Balaban J connectivity index is 2.59. The Labute approximate surface area is 94.3 Å². The van der Waals surface area contributed by atoms with Gasteiger partial charge in [0, 0.05) is 17.0 Å². The molecule has 0 atom stereocenters. The van der Waals surface area contributed by atoms with Crippen molar-refractivity contribution in [2.24, 2.45) is 0 Å². The van der Waals surface area contributed by atoms with Crippen molar-refractivity contribution in [3.8, 4) is 5.75 Å². The van der Waals surface area contributed by atoms with Gasteiger partial charge in [-0.2, -0.15) is 5.10 Å². The van der Waals surface area contributed by atoms with Crippen LogP contribution in [0.15, 0.2) is 12.3 Å². The van der Waals surface area contributed by atoms with Crippen molar-refractivity contribution < 1.29 is 13.5 Å². The van der Waals surface area contributed by atoms with E-state index in [1.54, 1.807) is 13.0 Å². The summed E-state index contributed by atoms with van der Waals surface area (Å²) in [4.78, 5) is 0. The van der Waals surface area contributed by atoms with E-state index in [1.807, 2.05) is 0 Å². The summed E-state index contributed by atoms with van der Waals surface area (Å²) in [6, 6.07) is 1.61. The van der Waals surface area contributed by atoms with Crippen molar-refractivity contribution in [3.63, 3.8) is 0 Å². The van der Waals surface area contributed by atoms with Gasteiger partial charge < -0.3 is 10.5 Å². The summed E-state index contributed by atoms with van der Waals surface area (Å²) in [6.45, 7) is 1.59. The fourth-order valence-electron chi connectivity index (χ4n) is 1.49. The Morgan fingerprint density at radius 3 is 2.88 bits per heavy atom. The minimum absolute atomic E-state index is 0.0871. The molecule has 1 heterocycles. The number of ether oxygens (including phenoxy) is 1. The second-order valence-electron chi connectivity index (χ2n) is 3.32. The number of nitrogens with one attached hydrogen (secondary N) is 1. The van der Waals surface area contributed by atoms with Crippen molar-refractivity contribution in [2.45, 2.75) is 12.5 Å². The Bertz CT molecular complexity index is 535. The third-order valence-electron chi connectivity index (χ3n) is 2.14. The number of rotatable bonds is 2. The van der Waals surface area contributed by atoms with Gasteiger partial charge in [-0.25, -0.2) is 0 Å². The van der Waals surface area contributed by atoms with Crippen LogP contribution in [-0.4, -0.2) is 15.8 Å². The molecule has 0 aliphatic carbocycles. The molecule has 1 aromatic heterocycles. The van der Waals surface area contributed by atoms with Crippen LogP contribution < -0.4 is 10.5 Å². The lowest BCUT2D eigenvalue weighted by molar-refractivity contribution is -0.0963. The zero-order valence-electron chi connectivity index (χ0n) is 8.22. The molecule has 0 radical (unpaired) electrons. The van der Waals surface area contributed by atoms with Crippen molar-refractivity contribution >= 4 is 28.2 Å². The highest BCUT2D eigenvalue weighted by molar-refractivity contribution is 6.20. The average molecular weight is 248 g/mol. The minimum Gasteiger partial charge on any atom is -0.417 e. The molecule has 3 N–H and O–H groups in total. The number of halogens is 3. The first kappa shape index (κ1) is 10.9. The van der Waals surface area contributed by atoms with E-state index < -0.39 is 5.57 Å². The Morgan fingerprint density at radius 1 is 1.56 bits per heavy atom. The highest BCUT2D eigenvalue weighted by atomic mass is 35.5. The lowest BCUT2D eigenvalue weighted by atomic mass is 10.1. The monoisotopic (exact) mass is 247 g/mol. The average Bonchev–Trinajstić information content (AvgIpc) is 2.58. The topological polar surface area (TPSA) is 63.9 Å². The molecular weight excluding hydrogens is 240 g/mol. The molecule has 86 valence electrons. The Kier molecular flexibility index (Phi) is 2.38. The number of aromatic amines is 1. The zero-order chi connectivity index (χ0) is 11.9. The number of fused-ring (bicyclic) bond motifs is 1. The van der Waals surface area contributed by atoms with Crippen LogP contribution in [-0.2, 0) is 0 Å². The molecular formula is C9H8ClF2N3O. The van der Waals surface area contributed by atoms with Gasteiger partial charge >= 0.3 is 5.57 Å². The van der Waals surface area contributed by atoms with E-state index >= 15 is 0 Å². The Hall–Kier alpha value is -1.56. The summed E-state index contributed by atoms with van der Waals surface area (Å²) >= 11 is 4.70. The van der Waals surface area contributed by atoms with Crippen LogP contribution in [0.3, 0.4) is 0 Å². The number of nitrogens with two attached hydrogens (primary N) is 1. The van der Waals surface area contributed by atoms with Crippen molar-refractivity contribution in [1.29, 1.82) is 0 Å². The molecule has 4 nitrogen and oxygen atoms in total. The molecule has 0 saturated carbocycles. The number of nitrogens with zero attached hydrogens (tertiary/aromatic N) is 1. The number of hydrogen-bond donors (Lipinski definition) is 2. The van der Waals surface area contributed by atoms with Crippen LogP contribution in [0.4, 0.5) is 14.5 Å². The molecule has 0 amide bonds. The number of alkyl halides is 3. The van der Waals surface area contributed by atoms with E-state index in [9.17, 15) is 8.78 Å². The van der Waals surface area contributed by atoms with Crippen LogP contribution in [0, 0.1) is 6.92 Å². The molecule has 0 fully saturated rings. The molecule has 16 heavy (non-hydrogen) atoms. The third-order valence-corrected chi connectivity index (χ3v) is 2.22. The first-order chi connectivity index (χ1) is 7.38. The predicted molar refractivity (Wildman–Crippen MR) is 56.7 cm³/mol. The first-order valence-corrected chi connectivity index (χ1v) is 4.74. The van der Waals surface area contributed by atoms with Gasteiger partial charge in [0.15, 0.2) is 5.75 Å². The maximum Gasteiger partial charge on any atom is 0.487 e. The van der Waals surface area contributed by atoms with Gasteiger partial charge in [0.05, 0.1) is 17.4 Å². The molecule has 0 unspecified atom stereocenters. The van der Waals surface area contributed by atoms with Crippen LogP contribution in [0.1, 0.15) is 5.56 Å². The molecule has 0 aliphatic heterocycles. The van der Waals surface area contributed by atoms with Gasteiger partial charge in [-0.3, -0.25) is 5.10 Å². The standard InChI is InChI=1S/C9H8ClF2N3O/c1-4-2-6-5(3-14-15-6)7(13)8(4)16-9(10,11)12/h2-3H,13H2,1H3,(H,14,15). The van der Waals surface area contributed by atoms with Gasteiger partial charge in [-0.15, -0.1) is 8.78 Å². The highest BCUT2D eigenvalue weighted by Crippen LogP contribution is 2.37. The maximum absolute atomic E-state index is 12.6. The van der Waals surface area contributed by atoms with Crippen LogP contribution in [0.2, 0.25) is 0 Å². The zero-order valence-corrected chi connectivity index (χ0v) is 8.98. The molecule has 0 spiro atoms. The lowest BCUT2D eigenvalue weighted by Gasteiger charge is -2.15. The van der Waals surface area contributed by atoms with E-state index in [0.717, 1.165) is 0 Å². The van der Waals surface area contributed by atoms with Gasteiger partial charge in [0.1, 0.15) is 0 Å². The molecule has 7 heteroatoms. The summed E-state index contributed by atoms with van der Waals surface area (Å²) in [5.74, 6) is -0.131. The number of aromatic nitrogens is 2. The van der Waals surface area contributed by atoms with Gasteiger partial charge in [-0.1, -0.05) is 0 Å². The number of benzene rings is 1. The summed E-state index contributed by atoms with van der Waals surface area (Å²) in [7, 11) is 0. The summed E-state index contributed by atoms with van der Waals surface area (Å²) in [6.07, 6.45) is 1.43. The molecule has 0 aliphatic rings. The number of aryl methyl sites for hydroxylation is 1. The van der Waals surface area contributed by atoms with E-state index in [0.29, 0.717) is 16.5 Å².